The van der Waals surface area contributed by atoms with Crippen molar-refractivity contribution in [1.82, 2.24) is 0 Å². The zero-order valence-corrected chi connectivity index (χ0v) is 10.4. The van der Waals surface area contributed by atoms with E-state index in [0.29, 0.717) is 11.3 Å². The van der Waals surface area contributed by atoms with Crippen LogP contribution >= 0.6 is 0 Å². The molecule has 2 aromatic carbocycles. The number of Topliss-reactive ketones (excluding diaryl/α,β-unsaturated/α-hetero) is 1. The van der Waals surface area contributed by atoms with E-state index in [1.54, 1.807) is 43.5 Å². The van der Waals surface area contributed by atoms with Crippen LogP contribution in [0.5, 0.6) is 11.5 Å². The standard InChI is InChI=1S/C15H13FO3/c1-18-12-8-6-11(7-9-12)14(17)10-19-15-5-3-2-4-13(15)16/h2-9H,10H2,1H3. The first-order chi connectivity index (χ1) is 9.20. The van der Waals surface area contributed by atoms with E-state index < -0.39 is 5.82 Å². The van der Waals surface area contributed by atoms with Crippen LogP contribution in [-0.4, -0.2) is 19.5 Å². The third kappa shape index (κ3) is 3.31. The first kappa shape index (κ1) is 13.1. The quantitative estimate of drug-likeness (QED) is 0.775. The van der Waals surface area contributed by atoms with E-state index in [2.05, 4.69) is 0 Å². The normalized spacial score (nSPS) is 10.0. The number of ketones is 1. The van der Waals surface area contributed by atoms with Gasteiger partial charge in [-0.15, -0.1) is 0 Å². The Labute approximate surface area is 110 Å². The van der Waals surface area contributed by atoms with Gasteiger partial charge in [-0.3, -0.25) is 4.79 Å². The van der Waals surface area contributed by atoms with Crippen LogP contribution in [0.15, 0.2) is 48.5 Å². The van der Waals surface area contributed by atoms with Crippen molar-refractivity contribution < 1.29 is 18.7 Å². The van der Waals surface area contributed by atoms with Crippen molar-refractivity contribution in [1.29, 1.82) is 0 Å². The molecule has 0 amide bonds. The Bertz CT molecular complexity index is 564. The Morgan fingerprint density at radius 3 is 2.42 bits per heavy atom. The maximum Gasteiger partial charge on any atom is 0.200 e. The highest BCUT2D eigenvalue weighted by atomic mass is 19.1. The molecule has 0 bridgehead atoms. The Hall–Kier alpha value is -2.36. The fraction of sp³-hybridized carbons (Fsp3) is 0.133. The van der Waals surface area contributed by atoms with Crippen molar-refractivity contribution in [2.45, 2.75) is 0 Å². The van der Waals surface area contributed by atoms with E-state index >= 15 is 0 Å². The molecule has 0 heterocycles. The van der Waals surface area contributed by atoms with Crippen LogP contribution < -0.4 is 9.47 Å². The Balaban J connectivity index is 1.99. The maximum absolute atomic E-state index is 13.3. The molecule has 0 unspecified atom stereocenters. The predicted octanol–water partition coefficient (Wildman–Crippen LogP) is 3.10. The molecule has 2 aromatic rings. The summed E-state index contributed by atoms with van der Waals surface area (Å²) in [5.41, 5.74) is 0.497. The molecule has 0 radical (unpaired) electrons. The highest BCUT2D eigenvalue weighted by molar-refractivity contribution is 5.97. The average molecular weight is 260 g/mol. The summed E-state index contributed by atoms with van der Waals surface area (Å²) in [4.78, 5) is 11.8. The number of ether oxygens (including phenoxy) is 2. The van der Waals surface area contributed by atoms with Crippen LogP contribution in [0.3, 0.4) is 0 Å². The SMILES string of the molecule is COc1ccc(C(=O)COc2ccccc2F)cc1. The summed E-state index contributed by atoms with van der Waals surface area (Å²) >= 11 is 0. The molecule has 0 aliphatic carbocycles. The molecular formula is C15H13FO3. The van der Waals surface area contributed by atoms with Gasteiger partial charge in [0.1, 0.15) is 5.75 Å². The predicted molar refractivity (Wildman–Crippen MR) is 69.2 cm³/mol. The lowest BCUT2D eigenvalue weighted by atomic mass is 10.1. The lowest BCUT2D eigenvalue weighted by Crippen LogP contribution is -2.12. The minimum absolute atomic E-state index is 0.0735. The van der Waals surface area contributed by atoms with Gasteiger partial charge in [0.2, 0.25) is 0 Å². The summed E-state index contributed by atoms with van der Waals surface area (Å²) in [6, 6.07) is 12.7. The summed E-state index contributed by atoms with van der Waals surface area (Å²) in [5, 5.41) is 0. The molecule has 0 aliphatic rings. The maximum atomic E-state index is 13.3. The molecule has 0 saturated heterocycles. The lowest BCUT2D eigenvalue weighted by Gasteiger charge is -2.06. The number of carbonyl (C=O) groups is 1. The molecule has 0 N–H and O–H groups in total. The highest BCUT2D eigenvalue weighted by Crippen LogP contribution is 2.16. The van der Waals surface area contributed by atoms with E-state index in [1.807, 2.05) is 0 Å². The van der Waals surface area contributed by atoms with Gasteiger partial charge in [-0.25, -0.2) is 4.39 Å². The van der Waals surface area contributed by atoms with Crippen LogP contribution in [0.2, 0.25) is 0 Å². The van der Waals surface area contributed by atoms with Crippen molar-refractivity contribution in [2.24, 2.45) is 0 Å². The van der Waals surface area contributed by atoms with Crippen LogP contribution in [0.4, 0.5) is 4.39 Å². The lowest BCUT2D eigenvalue weighted by molar-refractivity contribution is 0.0919. The van der Waals surface area contributed by atoms with Gasteiger partial charge < -0.3 is 9.47 Å². The third-order valence-electron chi connectivity index (χ3n) is 2.61. The summed E-state index contributed by atoms with van der Waals surface area (Å²) < 4.78 is 23.4. The zero-order chi connectivity index (χ0) is 13.7. The number of rotatable bonds is 5. The van der Waals surface area contributed by atoms with Gasteiger partial charge in [0.15, 0.2) is 24.0 Å². The zero-order valence-electron chi connectivity index (χ0n) is 10.4. The second-order valence-corrected chi connectivity index (χ2v) is 3.87. The number of halogens is 1. The molecule has 0 fully saturated rings. The Kier molecular flexibility index (Phi) is 4.13. The molecule has 3 nitrogen and oxygen atoms in total. The molecule has 0 aliphatic heterocycles. The molecule has 19 heavy (non-hydrogen) atoms. The minimum Gasteiger partial charge on any atom is -0.497 e. The van der Waals surface area contributed by atoms with Crippen molar-refractivity contribution in [2.75, 3.05) is 13.7 Å². The molecule has 2 rings (SSSR count). The number of hydrogen-bond donors (Lipinski definition) is 0. The van der Waals surface area contributed by atoms with E-state index in [4.69, 9.17) is 9.47 Å². The van der Waals surface area contributed by atoms with Crippen LogP contribution in [0.1, 0.15) is 10.4 Å². The van der Waals surface area contributed by atoms with Crippen molar-refractivity contribution in [3.8, 4) is 11.5 Å². The van der Waals surface area contributed by atoms with Gasteiger partial charge in [0.05, 0.1) is 7.11 Å². The third-order valence-corrected chi connectivity index (χ3v) is 2.61. The van der Waals surface area contributed by atoms with Gasteiger partial charge in [-0.1, -0.05) is 12.1 Å². The Morgan fingerprint density at radius 1 is 1.11 bits per heavy atom. The first-order valence-corrected chi connectivity index (χ1v) is 5.75. The van der Waals surface area contributed by atoms with Crippen LogP contribution in [-0.2, 0) is 0 Å². The molecule has 98 valence electrons. The largest absolute Gasteiger partial charge is 0.497 e. The summed E-state index contributed by atoms with van der Waals surface area (Å²) in [5.74, 6) is 0.0480. The molecule has 4 heteroatoms. The highest BCUT2D eigenvalue weighted by Gasteiger charge is 2.08. The summed E-state index contributed by atoms with van der Waals surface area (Å²) in [6.45, 7) is -0.201. The number of benzene rings is 2. The minimum atomic E-state index is -0.481. The molecule has 0 atom stereocenters. The van der Waals surface area contributed by atoms with Crippen molar-refractivity contribution >= 4 is 5.78 Å². The second kappa shape index (κ2) is 6.00. The van der Waals surface area contributed by atoms with E-state index in [1.165, 1.54) is 12.1 Å². The van der Waals surface area contributed by atoms with Crippen molar-refractivity contribution in [3.05, 3.63) is 59.9 Å². The topological polar surface area (TPSA) is 35.5 Å². The number of methoxy groups -OCH3 is 1. The van der Waals surface area contributed by atoms with Gasteiger partial charge in [0, 0.05) is 5.56 Å². The molecule has 0 saturated carbocycles. The Morgan fingerprint density at radius 2 is 1.79 bits per heavy atom. The fourth-order valence-electron chi connectivity index (χ4n) is 1.57. The summed E-state index contributed by atoms with van der Waals surface area (Å²) in [7, 11) is 1.55. The van der Waals surface area contributed by atoms with E-state index in [0.717, 1.165) is 0 Å². The first-order valence-electron chi connectivity index (χ1n) is 5.75. The molecule has 0 aromatic heterocycles. The van der Waals surface area contributed by atoms with Gasteiger partial charge in [-0.05, 0) is 36.4 Å². The monoisotopic (exact) mass is 260 g/mol. The second-order valence-electron chi connectivity index (χ2n) is 3.87. The average Bonchev–Trinajstić information content (AvgIpc) is 2.46. The smallest absolute Gasteiger partial charge is 0.200 e. The van der Waals surface area contributed by atoms with E-state index in [-0.39, 0.29) is 18.1 Å². The van der Waals surface area contributed by atoms with Gasteiger partial charge in [-0.2, -0.15) is 0 Å². The number of para-hydroxylation sites is 1. The number of hydrogen-bond acceptors (Lipinski definition) is 3. The van der Waals surface area contributed by atoms with Gasteiger partial charge >= 0.3 is 0 Å². The molecular weight excluding hydrogens is 247 g/mol. The number of carbonyl (C=O) groups excluding carboxylic acids is 1. The molecule has 0 spiro atoms. The van der Waals surface area contributed by atoms with E-state index in [9.17, 15) is 9.18 Å². The summed E-state index contributed by atoms with van der Waals surface area (Å²) in [6.07, 6.45) is 0. The van der Waals surface area contributed by atoms with Crippen LogP contribution in [0, 0.1) is 5.82 Å². The fourth-order valence-corrected chi connectivity index (χ4v) is 1.57. The van der Waals surface area contributed by atoms with Crippen LogP contribution in [0.25, 0.3) is 0 Å². The van der Waals surface area contributed by atoms with Crippen molar-refractivity contribution in [3.63, 3.8) is 0 Å². The van der Waals surface area contributed by atoms with Gasteiger partial charge in [0.25, 0.3) is 0 Å².